The lowest BCUT2D eigenvalue weighted by Gasteiger charge is -2.23. The molecule has 0 fully saturated rings. The van der Waals surface area contributed by atoms with Crippen molar-refractivity contribution in [1.29, 1.82) is 0 Å². The van der Waals surface area contributed by atoms with E-state index < -0.39 is 17.8 Å². The lowest BCUT2D eigenvalue weighted by atomic mass is 9.96. The number of fused-ring (bicyclic) bond motifs is 1. The molecule has 2 N–H and O–H groups in total. The standard InChI is InChI=1S/C23H17F3N2O/c24-23(25,26)17-9-4-10-18(14-17)28-20(15-6-2-1-3-7-15)19-12-11-16-8-5-13-27-21(16)22(19)29/h1-14,20,28-29H. The minimum Gasteiger partial charge on any atom is -0.505 e. The van der Waals surface area contributed by atoms with Crippen LogP contribution in [0, 0.1) is 0 Å². The fourth-order valence-electron chi connectivity index (χ4n) is 3.32. The van der Waals surface area contributed by atoms with Gasteiger partial charge in [-0.3, -0.25) is 4.98 Å². The Labute approximate surface area is 165 Å². The molecule has 146 valence electrons. The third-order valence-electron chi connectivity index (χ3n) is 4.72. The summed E-state index contributed by atoms with van der Waals surface area (Å²) in [5, 5.41) is 14.8. The highest BCUT2D eigenvalue weighted by molar-refractivity contribution is 5.86. The van der Waals surface area contributed by atoms with Crippen LogP contribution in [0.25, 0.3) is 10.9 Å². The summed E-state index contributed by atoms with van der Waals surface area (Å²) >= 11 is 0. The molecule has 0 amide bonds. The molecule has 0 spiro atoms. The minimum absolute atomic E-state index is 0.00331. The lowest BCUT2D eigenvalue weighted by molar-refractivity contribution is -0.137. The molecule has 0 aliphatic carbocycles. The van der Waals surface area contributed by atoms with Crippen molar-refractivity contribution in [3.8, 4) is 5.75 Å². The van der Waals surface area contributed by atoms with Gasteiger partial charge in [0.15, 0.2) is 0 Å². The van der Waals surface area contributed by atoms with Gasteiger partial charge in [0.2, 0.25) is 0 Å². The molecule has 0 radical (unpaired) electrons. The Morgan fingerprint density at radius 3 is 2.41 bits per heavy atom. The third-order valence-corrected chi connectivity index (χ3v) is 4.72. The van der Waals surface area contributed by atoms with Gasteiger partial charge >= 0.3 is 6.18 Å². The van der Waals surface area contributed by atoms with Gasteiger partial charge in [-0.1, -0.05) is 54.6 Å². The molecule has 0 aliphatic rings. The topological polar surface area (TPSA) is 45.1 Å². The number of rotatable bonds is 4. The van der Waals surface area contributed by atoms with Crippen LogP contribution in [0.15, 0.2) is 85.1 Å². The molecule has 1 heterocycles. The van der Waals surface area contributed by atoms with Gasteiger partial charge in [0.05, 0.1) is 11.6 Å². The number of nitrogens with zero attached hydrogens (tertiary/aromatic N) is 1. The maximum Gasteiger partial charge on any atom is 0.416 e. The highest BCUT2D eigenvalue weighted by Crippen LogP contribution is 2.37. The molecule has 0 aliphatic heterocycles. The monoisotopic (exact) mass is 394 g/mol. The fraction of sp³-hybridized carbons (Fsp3) is 0.0870. The first kappa shape index (κ1) is 18.8. The average Bonchev–Trinajstić information content (AvgIpc) is 2.73. The minimum atomic E-state index is -4.44. The number of aromatic nitrogens is 1. The predicted octanol–water partition coefficient (Wildman–Crippen LogP) is 6.16. The number of anilines is 1. The van der Waals surface area contributed by atoms with E-state index in [1.807, 2.05) is 42.5 Å². The molecule has 6 heteroatoms. The zero-order chi connectivity index (χ0) is 20.4. The Hall–Kier alpha value is -3.54. The zero-order valence-electron chi connectivity index (χ0n) is 15.2. The van der Waals surface area contributed by atoms with Gasteiger partial charge in [0, 0.05) is 22.8 Å². The first-order valence-electron chi connectivity index (χ1n) is 8.99. The molecule has 29 heavy (non-hydrogen) atoms. The summed E-state index contributed by atoms with van der Waals surface area (Å²) in [5.74, 6) is -0.00331. The maximum absolute atomic E-state index is 13.1. The van der Waals surface area contributed by atoms with E-state index >= 15 is 0 Å². The number of aromatic hydroxyl groups is 1. The first-order valence-corrected chi connectivity index (χ1v) is 8.99. The summed E-state index contributed by atoms with van der Waals surface area (Å²) in [6.07, 6.45) is -2.85. The second kappa shape index (κ2) is 7.47. The van der Waals surface area contributed by atoms with E-state index in [1.165, 1.54) is 6.07 Å². The summed E-state index contributed by atoms with van der Waals surface area (Å²) in [6, 6.07) is 20.9. The van der Waals surface area contributed by atoms with E-state index in [2.05, 4.69) is 10.3 Å². The lowest BCUT2D eigenvalue weighted by Crippen LogP contribution is -2.14. The van der Waals surface area contributed by atoms with E-state index in [1.54, 1.807) is 24.4 Å². The summed E-state index contributed by atoms with van der Waals surface area (Å²) in [7, 11) is 0. The fourth-order valence-corrected chi connectivity index (χ4v) is 3.32. The number of phenolic OH excluding ortho intramolecular Hbond substituents is 1. The second-order valence-electron chi connectivity index (χ2n) is 6.65. The molecule has 0 saturated heterocycles. The van der Waals surface area contributed by atoms with Crippen molar-refractivity contribution in [2.75, 3.05) is 5.32 Å². The number of hydrogen-bond donors (Lipinski definition) is 2. The summed E-state index contributed by atoms with van der Waals surface area (Å²) in [6.45, 7) is 0. The highest BCUT2D eigenvalue weighted by atomic mass is 19.4. The molecule has 4 aromatic rings. The van der Waals surface area contributed by atoms with Gasteiger partial charge in [-0.25, -0.2) is 0 Å². The molecular formula is C23H17F3N2O. The number of nitrogens with one attached hydrogen (secondary N) is 1. The molecular weight excluding hydrogens is 377 g/mol. The van der Waals surface area contributed by atoms with Crippen LogP contribution >= 0.6 is 0 Å². The number of halogens is 3. The van der Waals surface area contributed by atoms with E-state index in [0.29, 0.717) is 16.8 Å². The molecule has 1 unspecified atom stereocenters. The molecule has 0 saturated carbocycles. The summed E-state index contributed by atoms with van der Waals surface area (Å²) in [4.78, 5) is 4.24. The smallest absolute Gasteiger partial charge is 0.416 e. The van der Waals surface area contributed by atoms with E-state index in [4.69, 9.17) is 0 Å². The van der Waals surface area contributed by atoms with E-state index in [0.717, 1.165) is 23.1 Å². The van der Waals surface area contributed by atoms with Gasteiger partial charge < -0.3 is 10.4 Å². The van der Waals surface area contributed by atoms with Gasteiger partial charge in [-0.05, 0) is 29.8 Å². The van der Waals surface area contributed by atoms with Crippen molar-refractivity contribution in [3.05, 3.63) is 102 Å². The van der Waals surface area contributed by atoms with Gasteiger partial charge in [-0.2, -0.15) is 13.2 Å². The van der Waals surface area contributed by atoms with Gasteiger partial charge in [0.1, 0.15) is 11.3 Å². The quantitative estimate of drug-likeness (QED) is 0.436. The van der Waals surface area contributed by atoms with Crippen LogP contribution in [-0.2, 0) is 6.18 Å². The first-order chi connectivity index (χ1) is 13.9. The van der Waals surface area contributed by atoms with Crippen LogP contribution in [-0.4, -0.2) is 10.1 Å². The Morgan fingerprint density at radius 2 is 1.66 bits per heavy atom. The largest absolute Gasteiger partial charge is 0.505 e. The molecule has 3 nitrogen and oxygen atoms in total. The molecule has 1 aromatic heterocycles. The molecule has 1 atom stereocenters. The van der Waals surface area contributed by atoms with Crippen LogP contribution < -0.4 is 5.32 Å². The Kier molecular flexibility index (Phi) is 4.84. The molecule has 0 bridgehead atoms. The summed E-state index contributed by atoms with van der Waals surface area (Å²) in [5.41, 5.74) is 1.33. The van der Waals surface area contributed by atoms with Crippen molar-refractivity contribution in [3.63, 3.8) is 0 Å². The number of alkyl halides is 3. The molecule has 4 rings (SSSR count). The Morgan fingerprint density at radius 1 is 0.862 bits per heavy atom. The van der Waals surface area contributed by atoms with Crippen molar-refractivity contribution < 1.29 is 18.3 Å². The normalized spacial score (nSPS) is 12.7. The van der Waals surface area contributed by atoms with Crippen LogP contribution in [0.1, 0.15) is 22.7 Å². The average molecular weight is 394 g/mol. The summed E-state index contributed by atoms with van der Waals surface area (Å²) < 4.78 is 39.3. The van der Waals surface area contributed by atoms with E-state index in [-0.39, 0.29) is 5.75 Å². The predicted molar refractivity (Wildman–Crippen MR) is 107 cm³/mol. The highest BCUT2D eigenvalue weighted by Gasteiger charge is 2.30. The van der Waals surface area contributed by atoms with Gasteiger partial charge in [0.25, 0.3) is 0 Å². The number of pyridine rings is 1. The van der Waals surface area contributed by atoms with Crippen LogP contribution in [0.2, 0.25) is 0 Å². The Bertz CT molecular complexity index is 1140. The Balaban J connectivity index is 1.81. The van der Waals surface area contributed by atoms with Crippen LogP contribution in [0.5, 0.6) is 5.75 Å². The number of benzene rings is 3. The third kappa shape index (κ3) is 3.87. The SMILES string of the molecule is Oc1c(C(Nc2cccc(C(F)(F)F)c2)c2ccccc2)ccc2cccnc12. The van der Waals surface area contributed by atoms with Crippen molar-refractivity contribution in [2.45, 2.75) is 12.2 Å². The maximum atomic E-state index is 13.1. The van der Waals surface area contributed by atoms with Crippen molar-refractivity contribution >= 4 is 16.6 Å². The number of phenols is 1. The zero-order valence-corrected chi connectivity index (χ0v) is 15.2. The van der Waals surface area contributed by atoms with Crippen molar-refractivity contribution in [2.24, 2.45) is 0 Å². The molecule has 3 aromatic carbocycles. The van der Waals surface area contributed by atoms with Crippen LogP contribution in [0.3, 0.4) is 0 Å². The second-order valence-corrected chi connectivity index (χ2v) is 6.65. The van der Waals surface area contributed by atoms with E-state index in [9.17, 15) is 18.3 Å². The van der Waals surface area contributed by atoms with Gasteiger partial charge in [-0.15, -0.1) is 0 Å². The number of hydrogen-bond acceptors (Lipinski definition) is 3. The van der Waals surface area contributed by atoms with Crippen LogP contribution in [0.4, 0.5) is 18.9 Å². The van der Waals surface area contributed by atoms with Crippen molar-refractivity contribution in [1.82, 2.24) is 4.98 Å².